The number of nitrogens with zero attached hydrogens (tertiary/aromatic N) is 3. The van der Waals surface area contributed by atoms with Gasteiger partial charge in [0.15, 0.2) is 0 Å². The van der Waals surface area contributed by atoms with E-state index in [0.717, 1.165) is 0 Å². The van der Waals surface area contributed by atoms with Crippen LogP contribution in [0.15, 0.2) is 61.3 Å². The number of imidazole rings is 1. The third-order valence-electron chi connectivity index (χ3n) is 3.06. The van der Waals surface area contributed by atoms with Gasteiger partial charge in [0.2, 0.25) is 10.0 Å². The first-order valence-corrected chi connectivity index (χ1v) is 8.36. The molecule has 0 unspecified atom stereocenters. The molecule has 0 saturated heterocycles. The minimum atomic E-state index is -3.60. The summed E-state index contributed by atoms with van der Waals surface area (Å²) in [5.74, 6) is -0.0151. The van der Waals surface area contributed by atoms with E-state index in [1.165, 1.54) is 30.5 Å². The molecule has 6 nitrogen and oxygen atoms in total. The standard InChI is InChI=1S/C15H13FN4O2S/c16-13-3-1-12(2-4-13)10-23(21,22)19-14-5-6-15(18-9-14)20-8-7-17-11-20/h1-9,11,19H,10H2. The summed E-state index contributed by atoms with van der Waals surface area (Å²) in [6, 6.07) is 8.63. The second-order valence-electron chi connectivity index (χ2n) is 4.86. The number of anilines is 1. The molecule has 0 saturated carbocycles. The molecule has 0 fully saturated rings. The van der Waals surface area contributed by atoms with Crippen molar-refractivity contribution in [3.8, 4) is 5.82 Å². The molecule has 8 heteroatoms. The molecule has 0 aliphatic carbocycles. The summed E-state index contributed by atoms with van der Waals surface area (Å²) in [6.45, 7) is 0. The molecular formula is C15H13FN4O2S. The summed E-state index contributed by atoms with van der Waals surface area (Å²) in [5, 5.41) is 0. The summed E-state index contributed by atoms with van der Waals surface area (Å²) in [5.41, 5.74) is 0.859. The lowest BCUT2D eigenvalue weighted by atomic mass is 10.2. The number of hydrogen-bond donors (Lipinski definition) is 1. The van der Waals surface area contributed by atoms with Gasteiger partial charge in [-0.15, -0.1) is 0 Å². The third kappa shape index (κ3) is 3.92. The fourth-order valence-corrected chi connectivity index (χ4v) is 3.19. The van der Waals surface area contributed by atoms with Crippen molar-refractivity contribution in [3.63, 3.8) is 0 Å². The average molecular weight is 332 g/mol. The molecule has 0 aliphatic heterocycles. The number of hydrogen-bond acceptors (Lipinski definition) is 4. The number of aromatic nitrogens is 3. The topological polar surface area (TPSA) is 76.9 Å². The van der Waals surface area contributed by atoms with Gasteiger partial charge in [-0.3, -0.25) is 9.29 Å². The second-order valence-corrected chi connectivity index (χ2v) is 6.58. The monoisotopic (exact) mass is 332 g/mol. The van der Waals surface area contributed by atoms with Gasteiger partial charge in [-0.2, -0.15) is 0 Å². The molecule has 0 bridgehead atoms. The Morgan fingerprint density at radius 3 is 2.52 bits per heavy atom. The zero-order valence-corrected chi connectivity index (χ0v) is 12.7. The summed E-state index contributed by atoms with van der Waals surface area (Å²) in [4.78, 5) is 8.09. The molecule has 0 aliphatic rings. The molecule has 3 rings (SSSR count). The van der Waals surface area contributed by atoms with Crippen molar-refractivity contribution in [2.24, 2.45) is 0 Å². The highest BCUT2D eigenvalue weighted by molar-refractivity contribution is 7.91. The highest BCUT2D eigenvalue weighted by atomic mass is 32.2. The van der Waals surface area contributed by atoms with Crippen molar-refractivity contribution < 1.29 is 12.8 Å². The van der Waals surface area contributed by atoms with Gasteiger partial charge in [-0.05, 0) is 29.8 Å². The maximum atomic E-state index is 12.8. The zero-order chi connectivity index (χ0) is 16.3. The molecular weight excluding hydrogens is 319 g/mol. The number of sulfonamides is 1. The molecule has 3 aromatic rings. The molecule has 0 amide bonds. The van der Waals surface area contributed by atoms with Crippen molar-refractivity contribution in [1.82, 2.24) is 14.5 Å². The van der Waals surface area contributed by atoms with Gasteiger partial charge in [0.05, 0.1) is 17.6 Å². The fraction of sp³-hybridized carbons (Fsp3) is 0.0667. The van der Waals surface area contributed by atoms with E-state index in [2.05, 4.69) is 14.7 Å². The zero-order valence-electron chi connectivity index (χ0n) is 11.9. The van der Waals surface area contributed by atoms with E-state index >= 15 is 0 Å². The van der Waals surface area contributed by atoms with Gasteiger partial charge >= 0.3 is 0 Å². The quantitative estimate of drug-likeness (QED) is 0.778. The van der Waals surface area contributed by atoms with Crippen LogP contribution in [0.1, 0.15) is 5.56 Å². The molecule has 0 atom stereocenters. The van der Waals surface area contributed by atoms with Crippen molar-refractivity contribution >= 4 is 15.7 Å². The van der Waals surface area contributed by atoms with Crippen LogP contribution < -0.4 is 4.72 Å². The van der Waals surface area contributed by atoms with Crippen LogP contribution in [0, 0.1) is 5.82 Å². The van der Waals surface area contributed by atoms with Crippen LogP contribution in [0.2, 0.25) is 0 Å². The minimum absolute atomic E-state index is 0.240. The number of halogens is 1. The number of rotatable bonds is 5. The fourth-order valence-electron chi connectivity index (χ4n) is 2.01. The smallest absolute Gasteiger partial charge is 0.236 e. The predicted molar refractivity (Wildman–Crippen MR) is 84.0 cm³/mol. The van der Waals surface area contributed by atoms with Crippen LogP contribution in [-0.2, 0) is 15.8 Å². The Bertz CT molecular complexity index is 876. The Hall–Kier alpha value is -2.74. The Morgan fingerprint density at radius 2 is 1.91 bits per heavy atom. The minimum Gasteiger partial charge on any atom is -0.291 e. The molecule has 1 aromatic carbocycles. The lowest BCUT2D eigenvalue weighted by molar-refractivity contribution is 0.600. The highest BCUT2D eigenvalue weighted by Gasteiger charge is 2.12. The van der Waals surface area contributed by atoms with Crippen LogP contribution in [0.4, 0.5) is 10.1 Å². The Balaban J connectivity index is 1.71. The molecule has 23 heavy (non-hydrogen) atoms. The third-order valence-corrected chi connectivity index (χ3v) is 4.32. The molecule has 2 heterocycles. The number of benzene rings is 1. The van der Waals surface area contributed by atoms with Crippen LogP contribution >= 0.6 is 0 Å². The van der Waals surface area contributed by atoms with Crippen molar-refractivity contribution in [1.29, 1.82) is 0 Å². The normalized spacial score (nSPS) is 11.3. The van der Waals surface area contributed by atoms with Gasteiger partial charge in [-0.25, -0.2) is 22.8 Å². The van der Waals surface area contributed by atoms with E-state index < -0.39 is 15.8 Å². The van der Waals surface area contributed by atoms with E-state index in [1.807, 2.05) is 0 Å². The average Bonchev–Trinajstić information content (AvgIpc) is 3.04. The Morgan fingerprint density at radius 1 is 1.13 bits per heavy atom. The molecule has 1 N–H and O–H groups in total. The number of pyridine rings is 1. The van der Waals surface area contributed by atoms with Crippen molar-refractivity contribution in [2.75, 3.05) is 4.72 Å². The first-order chi connectivity index (χ1) is 11.0. The first kappa shape index (κ1) is 15.2. The summed E-state index contributed by atoms with van der Waals surface area (Å²) >= 11 is 0. The van der Waals surface area contributed by atoms with E-state index in [4.69, 9.17) is 0 Å². The van der Waals surface area contributed by atoms with E-state index in [1.54, 1.807) is 35.4 Å². The predicted octanol–water partition coefficient (Wildman–Crippen LogP) is 2.35. The molecule has 2 aromatic heterocycles. The van der Waals surface area contributed by atoms with Gasteiger partial charge in [0, 0.05) is 12.4 Å². The van der Waals surface area contributed by atoms with Crippen LogP contribution in [0.5, 0.6) is 0 Å². The van der Waals surface area contributed by atoms with Crippen LogP contribution in [0.25, 0.3) is 5.82 Å². The Labute approximate surface area is 132 Å². The summed E-state index contributed by atoms with van der Waals surface area (Å²) < 4.78 is 41.2. The number of nitrogens with one attached hydrogen (secondary N) is 1. The maximum Gasteiger partial charge on any atom is 0.236 e. The summed E-state index contributed by atoms with van der Waals surface area (Å²) in [7, 11) is -3.60. The largest absolute Gasteiger partial charge is 0.291 e. The lowest BCUT2D eigenvalue weighted by Gasteiger charge is -2.08. The molecule has 0 spiro atoms. The van der Waals surface area contributed by atoms with E-state index in [0.29, 0.717) is 17.1 Å². The molecule has 0 radical (unpaired) electrons. The van der Waals surface area contributed by atoms with Crippen molar-refractivity contribution in [2.45, 2.75) is 5.75 Å². The van der Waals surface area contributed by atoms with Crippen LogP contribution in [0.3, 0.4) is 0 Å². The maximum absolute atomic E-state index is 12.8. The van der Waals surface area contributed by atoms with Gasteiger partial charge < -0.3 is 0 Å². The lowest BCUT2D eigenvalue weighted by Crippen LogP contribution is -2.15. The van der Waals surface area contributed by atoms with E-state index in [-0.39, 0.29) is 5.75 Å². The second kappa shape index (κ2) is 6.17. The van der Waals surface area contributed by atoms with Gasteiger partial charge in [-0.1, -0.05) is 12.1 Å². The van der Waals surface area contributed by atoms with Crippen molar-refractivity contribution in [3.05, 3.63) is 72.7 Å². The SMILES string of the molecule is O=S(=O)(Cc1ccc(F)cc1)Nc1ccc(-n2ccnc2)nc1. The van der Waals surface area contributed by atoms with Gasteiger partial charge in [0.25, 0.3) is 0 Å². The van der Waals surface area contributed by atoms with Crippen LogP contribution in [-0.4, -0.2) is 23.0 Å². The Kier molecular flexibility index (Phi) is 4.07. The molecule has 118 valence electrons. The summed E-state index contributed by atoms with van der Waals surface area (Å²) in [6.07, 6.45) is 6.39. The van der Waals surface area contributed by atoms with E-state index in [9.17, 15) is 12.8 Å². The van der Waals surface area contributed by atoms with Gasteiger partial charge in [0.1, 0.15) is 18.0 Å². The highest BCUT2D eigenvalue weighted by Crippen LogP contribution is 2.14. The first-order valence-electron chi connectivity index (χ1n) is 6.71.